The molecule has 208 valence electrons. The van der Waals surface area contributed by atoms with Gasteiger partial charge < -0.3 is 19.5 Å². The van der Waals surface area contributed by atoms with E-state index in [1.54, 1.807) is 20.8 Å². The van der Waals surface area contributed by atoms with Crippen molar-refractivity contribution < 1.29 is 28.6 Å². The second-order valence-electron chi connectivity index (χ2n) is 8.69. The summed E-state index contributed by atoms with van der Waals surface area (Å²) in [5.74, 6) is -1.07. The molecule has 1 amide bonds. The van der Waals surface area contributed by atoms with Crippen LogP contribution in [0.2, 0.25) is 0 Å². The average Bonchev–Trinajstić information content (AvgIpc) is 3.25. The molecule has 3 aromatic rings. The zero-order valence-corrected chi connectivity index (χ0v) is 23.7. The van der Waals surface area contributed by atoms with Gasteiger partial charge in [0.05, 0.1) is 18.3 Å². The van der Waals surface area contributed by atoms with Crippen LogP contribution >= 0.6 is 0 Å². The Bertz CT molecular complexity index is 1150. The maximum absolute atomic E-state index is 12.4. The standard InChI is InChI=1S/C25H29N3O6.2C2H6/c1-25(2,3)34-22(29)15-28-21-13-9-8-12-18(21)19(27-28)14-20(23(30)32-4)26-24(31)33-16-17-10-6-5-7-11-17;2*1-2/h5-13,20H,14-16H2,1-4H3,(H,26,31);2*1-2H3. The number of hydrogen-bond donors (Lipinski definition) is 1. The minimum absolute atomic E-state index is 0.0505. The number of ether oxygens (including phenoxy) is 3. The fraction of sp³-hybridized carbons (Fsp3) is 0.448. The lowest BCUT2D eigenvalue weighted by atomic mass is 10.1. The fourth-order valence-corrected chi connectivity index (χ4v) is 3.40. The summed E-state index contributed by atoms with van der Waals surface area (Å²) in [6.07, 6.45) is -0.702. The first-order valence-electron chi connectivity index (χ1n) is 12.9. The fourth-order valence-electron chi connectivity index (χ4n) is 3.40. The first-order valence-corrected chi connectivity index (χ1v) is 12.9. The summed E-state index contributed by atoms with van der Waals surface area (Å²) < 4.78 is 17.0. The predicted molar refractivity (Wildman–Crippen MR) is 148 cm³/mol. The maximum atomic E-state index is 12.4. The van der Waals surface area contributed by atoms with Crippen LogP contribution in [0.25, 0.3) is 10.9 Å². The van der Waals surface area contributed by atoms with Crippen molar-refractivity contribution in [3.63, 3.8) is 0 Å². The molecule has 0 saturated carbocycles. The normalized spacial score (nSPS) is 11.2. The van der Waals surface area contributed by atoms with Crippen molar-refractivity contribution in [2.45, 2.75) is 79.7 Å². The number of nitrogens with one attached hydrogen (secondary N) is 1. The van der Waals surface area contributed by atoms with Gasteiger partial charge in [0.1, 0.15) is 24.8 Å². The number of alkyl carbamates (subject to hydrolysis) is 1. The number of carbonyl (C=O) groups excluding carboxylic acids is 3. The number of fused-ring (bicyclic) bond motifs is 1. The molecule has 0 aliphatic carbocycles. The van der Waals surface area contributed by atoms with E-state index < -0.39 is 29.7 Å². The first kappa shape index (κ1) is 32.1. The van der Waals surface area contributed by atoms with Gasteiger partial charge in [-0.05, 0) is 32.4 Å². The highest BCUT2D eigenvalue weighted by Gasteiger charge is 2.26. The van der Waals surface area contributed by atoms with Gasteiger partial charge in [0.25, 0.3) is 0 Å². The number of carbonyl (C=O) groups is 3. The average molecular weight is 528 g/mol. The van der Waals surface area contributed by atoms with Crippen LogP contribution in [0, 0.1) is 0 Å². The van der Waals surface area contributed by atoms with E-state index in [0.717, 1.165) is 10.9 Å². The lowest BCUT2D eigenvalue weighted by Gasteiger charge is -2.19. The zero-order valence-electron chi connectivity index (χ0n) is 23.7. The van der Waals surface area contributed by atoms with E-state index in [9.17, 15) is 14.4 Å². The molecule has 0 aliphatic rings. The van der Waals surface area contributed by atoms with E-state index in [0.29, 0.717) is 11.2 Å². The number of amides is 1. The summed E-state index contributed by atoms with van der Waals surface area (Å²) in [5, 5.41) is 7.84. The molecule has 2 aromatic carbocycles. The van der Waals surface area contributed by atoms with Gasteiger partial charge in [-0.2, -0.15) is 5.10 Å². The molecule has 38 heavy (non-hydrogen) atoms. The summed E-state index contributed by atoms with van der Waals surface area (Å²) in [4.78, 5) is 37.1. The quantitative estimate of drug-likeness (QED) is 0.307. The summed E-state index contributed by atoms with van der Waals surface area (Å²) in [6.45, 7) is 13.4. The van der Waals surface area contributed by atoms with Crippen LogP contribution in [-0.4, -0.2) is 46.6 Å². The summed E-state index contributed by atoms with van der Waals surface area (Å²) in [6, 6.07) is 15.5. The van der Waals surface area contributed by atoms with E-state index in [1.165, 1.54) is 11.8 Å². The van der Waals surface area contributed by atoms with Gasteiger partial charge in [-0.15, -0.1) is 0 Å². The highest BCUT2D eigenvalue weighted by molar-refractivity contribution is 5.86. The first-order chi connectivity index (χ1) is 18.2. The molecule has 1 heterocycles. The third kappa shape index (κ3) is 10.2. The van der Waals surface area contributed by atoms with Crippen LogP contribution in [-0.2, 0) is 43.4 Å². The van der Waals surface area contributed by atoms with E-state index in [4.69, 9.17) is 14.2 Å². The number of hydrogen-bond acceptors (Lipinski definition) is 7. The van der Waals surface area contributed by atoms with Crippen molar-refractivity contribution in [3.8, 4) is 0 Å². The number of para-hydroxylation sites is 1. The van der Waals surface area contributed by atoms with Gasteiger partial charge in [0, 0.05) is 11.8 Å². The molecule has 0 radical (unpaired) electrons. The minimum atomic E-state index is -1.03. The van der Waals surface area contributed by atoms with Crippen LogP contribution in [0.1, 0.15) is 59.7 Å². The lowest BCUT2D eigenvalue weighted by molar-refractivity contribution is -0.155. The molecule has 3 rings (SSSR count). The summed E-state index contributed by atoms with van der Waals surface area (Å²) in [5.41, 5.74) is 1.43. The number of rotatable bonds is 8. The molecule has 1 N–H and O–H groups in total. The highest BCUT2D eigenvalue weighted by Crippen LogP contribution is 2.21. The molecular formula is C29H41N3O6. The van der Waals surface area contributed by atoms with Gasteiger partial charge in [-0.1, -0.05) is 76.2 Å². The second kappa shape index (κ2) is 16.1. The third-order valence-corrected chi connectivity index (χ3v) is 4.82. The molecule has 9 heteroatoms. The van der Waals surface area contributed by atoms with Crippen molar-refractivity contribution in [1.82, 2.24) is 15.1 Å². The topological polar surface area (TPSA) is 109 Å². The van der Waals surface area contributed by atoms with Gasteiger partial charge >= 0.3 is 18.0 Å². The molecule has 1 unspecified atom stereocenters. The Labute approximate surface area is 225 Å². The van der Waals surface area contributed by atoms with Crippen molar-refractivity contribution in [1.29, 1.82) is 0 Å². The zero-order chi connectivity index (χ0) is 28.7. The molecule has 0 bridgehead atoms. The Balaban J connectivity index is 0.00000172. The summed E-state index contributed by atoms with van der Waals surface area (Å²) in [7, 11) is 1.24. The van der Waals surface area contributed by atoms with Crippen LogP contribution in [0.4, 0.5) is 4.79 Å². The van der Waals surface area contributed by atoms with Crippen molar-refractivity contribution in [3.05, 3.63) is 65.9 Å². The molecule has 0 fully saturated rings. The highest BCUT2D eigenvalue weighted by atomic mass is 16.6. The molecule has 0 aliphatic heterocycles. The van der Waals surface area contributed by atoms with Crippen LogP contribution in [0.5, 0.6) is 0 Å². The lowest BCUT2D eigenvalue weighted by Crippen LogP contribution is -2.43. The van der Waals surface area contributed by atoms with Crippen molar-refractivity contribution >= 4 is 28.9 Å². The van der Waals surface area contributed by atoms with E-state index in [-0.39, 0.29) is 19.6 Å². The van der Waals surface area contributed by atoms with Crippen LogP contribution < -0.4 is 5.32 Å². The van der Waals surface area contributed by atoms with E-state index in [2.05, 4.69) is 10.4 Å². The second-order valence-corrected chi connectivity index (χ2v) is 8.69. The Morgan fingerprint density at radius 2 is 1.55 bits per heavy atom. The van der Waals surface area contributed by atoms with Crippen molar-refractivity contribution in [2.24, 2.45) is 0 Å². The molecule has 1 atom stereocenters. The van der Waals surface area contributed by atoms with Gasteiger partial charge in [-0.25, -0.2) is 9.59 Å². The molecule has 9 nitrogen and oxygen atoms in total. The van der Waals surface area contributed by atoms with Crippen LogP contribution in [0.15, 0.2) is 54.6 Å². The SMILES string of the molecule is CC.CC.COC(=O)C(Cc1nn(CC(=O)OC(C)(C)C)c2ccccc12)NC(=O)OCc1ccccc1. The minimum Gasteiger partial charge on any atom is -0.467 e. The molecule has 1 aromatic heterocycles. The number of esters is 2. The molecular weight excluding hydrogens is 486 g/mol. The Morgan fingerprint density at radius 1 is 0.947 bits per heavy atom. The predicted octanol–water partition coefficient (Wildman–Crippen LogP) is 5.44. The van der Waals surface area contributed by atoms with E-state index in [1.807, 2.05) is 82.3 Å². The largest absolute Gasteiger partial charge is 0.467 e. The van der Waals surface area contributed by atoms with Gasteiger partial charge in [0.15, 0.2) is 0 Å². The molecule has 0 saturated heterocycles. The van der Waals surface area contributed by atoms with Crippen molar-refractivity contribution in [2.75, 3.05) is 7.11 Å². The Kier molecular flexibility index (Phi) is 13.6. The monoisotopic (exact) mass is 527 g/mol. The van der Waals surface area contributed by atoms with Gasteiger partial charge in [0.2, 0.25) is 0 Å². The maximum Gasteiger partial charge on any atom is 0.408 e. The van der Waals surface area contributed by atoms with E-state index >= 15 is 0 Å². The summed E-state index contributed by atoms with van der Waals surface area (Å²) >= 11 is 0. The third-order valence-electron chi connectivity index (χ3n) is 4.82. The Morgan fingerprint density at radius 3 is 2.16 bits per heavy atom. The number of aromatic nitrogens is 2. The smallest absolute Gasteiger partial charge is 0.408 e. The molecule has 0 spiro atoms. The van der Waals surface area contributed by atoms with Crippen LogP contribution in [0.3, 0.4) is 0 Å². The van der Waals surface area contributed by atoms with Gasteiger partial charge in [-0.3, -0.25) is 9.48 Å². The number of methoxy groups -OCH3 is 1. The Hall–Kier alpha value is -3.88. The number of benzene rings is 2. The number of nitrogens with zero attached hydrogens (tertiary/aromatic N) is 2.